The number of hydrogen-bond donors (Lipinski definition) is 1. The van der Waals surface area contributed by atoms with Crippen LogP contribution in [-0.4, -0.2) is 11.2 Å². The molecule has 2 aromatic carbocycles. The van der Waals surface area contributed by atoms with Crippen LogP contribution in [0.2, 0.25) is 0 Å². The van der Waals surface area contributed by atoms with Crippen LogP contribution in [0.3, 0.4) is 0 Å². The first kappa shape index (κ1) is 13.7. The SMILES string of the molecule is Cc1ccc(OCP(=O)(O)Oc2ccccc2)cc1. The van der Waals surface area contributed by atoms with E-state index in [4.69, 9.17) is 9.26 Å². The standard InChI is InChI=1S/C14H15O4P/c1-12-7-9-13(10-8-12)17-11-19(15,16)18-14-5-3-2-4-6-14/h2-10H,11H2,1H3,(H,15,16). The Kier molecular flexibility index (Phi) is 4.25. The molecule has 0 saturated heterocycles. The summed E-state index contributed by atoms with van der Waals surface area (Å²) >= 11 is 0. The van der Waals surface area contributed by atoms with Crippen molar-refractivity contribution >= 4 is 7.60 Å². The smallest absolute Gasteiger partial charge is 0.413 e. The molecule has 0 saturated carbocycles. The summed E-state index contributed by atoms with van der Waals surface area (Å²) in [6.07, 6.45) is -0.384. The molecule has 1 atom stereocenters. The van der Waals surface area contributed by atoms with Gasteiger partial charge in [0.05, 0.1) is 0 Å². The summed E-state index contributed by atoms with van der Waals surface area (Å²) in [4.78, 5) is 9.69. The van der Waals surface area contributed by atoms with Crippen molar-refractivity contribution in [3.05, 3.63) is 60.2 Å². The second kappa shape index (κ2) is 5.91. The molecule has 2 aromatic rings. The van der Waals surface area contributed by atoms with Gasteiger partial charge in [0.25, 0.3) is 0 Å². The van der Waals surface area contributed by atoms with E-state index in [0.29, 0.717) is 11.5 Å². The van der Waals surface area contributed by atoms with Crippen LogP contribution in [0, 0.1) is 6.92 Å². The van der Waals surface area contributed by atoms with Gasteiger partial charge in [0.1, 0.15) is 11.5 Å². The van der Waals surface area contributed by atoms with E-state index >= 15 is 0 Å². The Hall–Kier alpha value is -1.77. The van der Waals surface area contributed by atoms with Gasteiger partial charge in [-0.25, -0.2) is 4.57 Å². The fourth-order valence-corrected chi connectivity index (χ4v) is 2.28. The Bertz CT molecular complexity index is 566. The molecule has 0 heterocycles. The molecule has 0 bridgehead atoms. The van der Waals surface area contributed by atoms with Crippen LogP contribution in [0.1, 0.15) is 5.56 Å². The van der Waals surface area contributed by atoms with Crippen molar-refractivity contribution in [3.63, 3.8) is 0 Å². The lowest BCUT2D eigenvalue weighted by molar-refractivity contribution is 0.305. The number of rotatable bonds is 5. The number of benzene rings is 2. The molecular weight excluding hydrogens is 263 g/mol. The minimum atomic E-state index is -3.81. The van der Waals surface area contributed by atoms with Crippen molar-refractivity contribution < 1.29 is 18.7 Å². The summed E-state index contributed by atoms with van der Waals surface area (Å²) in [7, 11) is -3.81. The third-order valence-electron chi connectivity index (χ3n) is 2.41. The number of aryl methyl sites for hydroxylation is 1. The Labute approximate surface area is 112 Å². The molecule has 0 amide bonds. The molecule has 0 aliphatic rings. The average Bonchev–Trinajstić information content (AvgIpc) is 2.39. The van der Waals surface area contributed by atoms with E-state index < -0.39 is 7.60 Å². The maximum atomic E-state index is 11.8. The predicted molar refractivity (Wildman–Crippen MR) is 73.6 cm³/mol. The van der Waals surface area contributed by atoms with Crippen LogP contribution >= 0.6 is 7.60 Å². The summed E-state index contributed by atoms with van der Waals surface area (Å²) in [5, 5.41) is 0. The van der Waals surface area contributed by atoms with Gasteiger partial charge in [0.2, 0.25) is 0 Å². The first-order valence-corrected chi connectivity index (χ1v) is 7.57. The van der Waals surface area contributed by atoms with Gasteiger partial charge in [0, 0.05) is 0 Å². The minimum Gasteiger partial charge on any atom is -0.480 e. The molecule has 0 aliphatic carbocycles. The lowest BCUT2D eigenvalue weighted by atomic mass is 10.2. The van der Waals surface area contributed by atoms with Gasteiger partial charge in [-0.2, -0.15) is 0 Å². The van der Waals surface area contributed by atoms with Gasteiger partial charge < -0.3 is 14.2 Å². The molecule has 0 aliphatic heterocycles. The maximum absolute atomic E-state index is 11.8. The van der Waals surface area contributed by atoms with E-state index in [2.05, 4.69) is 0 Å². The topological polar surface area (TPSA) is 55.8 Å². The van der Waals surface area contributed by atoms with E-state index in [0.717, 1.165) is 5.56 Å². The van der Waals surface area contributed by atoms with Gasteiger partial charge in [0.15, 0.2) is 6.35 Å². The molecule has 5 heteroatoms. The molecule has 19 heavy (non-hydrogen) atoms. The Balaban J connectivity index is 1.94. The maximum Gasteiger partial charge on any atom is 0.413 e. The molecular formula is C14H15O4P. The summed E-state index contributed by atoms with van der Waals surface area (Å²) in [5.74, 6) is 0.886. The first-order valence-electron chi connectivity index (χ1n) is 5.81. The third-order valence-corrected chi connectivity index (χ3v) is 3.36. The largest absolute Gasteiger partial charge is 0.480 e. The lowest BCUT2D eigenvalue weighted by Crippen LogP contribution is -2.03. The zero-order chi connectivity index (χ0) is 13.7. The number of ether oxygens (including phenoxy) is 1. The van der Waals surface area contributed by atoms with Crippen molar-refractivity contribution in [1.29, 1.82) is 0 Å². The van der Waals surface area contributed by atoms with Gasteiger partial charge in [-0.15, -0.1) is 0 Å². The molecule has 0 aromatic heterocycles. The van der Waals surface area contributed by atoms with E-state index in [-0.39, 0.29) is 6.35 Å². The van der Waals surface area contributed by atoms with E-state index in [9.17, 15) is 9.46 Å². The van der Waals surface area contributed by atoms with Crippen LogP contribution in [0.25, 0.3) is 0 Å². The first-order chi connectivity index (χ1) is 9.05. The average molecular weight is 278 g/mol. The highest BCUT2D eigenvalue weighted by Gasteiger charge is 2.22. The third kappa shape index (κ3) is 4.43. The zero-order valence-corrected chi connectivity index (χ0v) is 11.4. The molecule has 0 spiro atoms. The van der Waals surface area contributed by atoms with Crippen LogP contribution < -0.4 is 9.26 Å². The van der Waals surface area contributed by atoms with Gasteiger partial charge in [-0.05, 0) is 31.2 Å². The molecule has 1 N–H and O–H groups in total. The molecule has 2 rings (SSSR count). The molecule has 100 valence electrons. The van der Waals surface area contributed by atoms with Gasteiger partial charge in [-0.3, -0.25) is 0 Å². The summed E-state index contributed by atoms with van der Waals surface area (Å²) < 4.78 is 22.1. The van der Waals surface area contributed by atoms with Gasteiger partial charge >= 0.3 is 7.60 Å². The van der Waals surface area contributed by atoms with E-state index in [1.165, 1.54) is 0 Å². The molecule has 0 fully saturated rings. The Morgan fingerprint density at radius 2 is 1.63 bits per heavy atom. The molecule has 1 unspecified atom stereocenters. The van der Waals surface area contributed by atoms with Crippen LogP contribution in [0.15, 0.2) is 54.6 Å². The van der Waals surface area contributed by atoms with Crippen molar-refractivity contribution in [2.45, 2.75) is 6.92 Å². The van der Waals surface area contributed by atoms with Crippen LogP contribution in [-0.2, 0) is 4.57 Å². The highest BCUT2D eigenvalue weighted by atomic mass is 31.2. The summed E-state index contributed by atoms with van der Waals surface area (Å²) in [6, 6.07) is 15.7. The normalized spacial score (nSPS) is 13.6. The fraction of sp³-hybridized carbons (Fsp3) is 0.143. The van der Waals surface area contributed by atoms with Crippen molar-refractivity contribution in [1.82, 2.24) is 0 Å². The van der Waals surface area contributed by atoms with Crippen molar-refractivity contribution in [3.8, 4) is 11.5 Å². The predicted octanol–water partition coefficient (Wildman–Crippen LogP) is 3.60. The van der Waals surface area contributed by atoms with E-state index in [1.807, 2.05) is 19.1 Å². The van der Waals surface area contributed by atoms with Gasteiger partial charge in [-0.1, -0.05) is 35.9 Å². The Morgan fingerprint density at radius 3 is 2.26 bits per heavy atom. The number of para-hydroxylation sites is 1. The van der Waals surface area contributed by atoms with Crippen molar-refractivity contribution in [2.75, 3.05) is 6.35 Å². The molecule has 0 radical (unpaired) electrons. The lowest BCUT2D eigenvalue weighted by Gasteiger charge is -2.14. The highest BCUT2D eigenvalue weighted by Crippen LogP contribution is 2.42. The number of hydrogen-bond acceptors (Lipinski definition) is 3. The second-order valence-corrected chi connectivity index (χ2v) is 5.84. The van der Waals surface area contributed by atoms with Crippen LogP contribution in [0.4, 0.5) is 0 Å². The van der Waals surface area contributed by atoms with Crippen molar-refractivity contribution in [2.24, 2.45) is 0 Å². The zero-order valence-electron chi connectivity index (χ0n) is 10.5. The minimum absolute atomic E-state index is 0.348. The summed E-state index contributed by atoms with van der Waals surface area (Å²) in [5.41, 5.74) is 1.10. The monoisotopic (exact) mass is 278 g/mol. The highest BCUT2D eigenvalue weighted by molar-refractivity contribution is 7.53. The quantitative estimate of drug-likeness (QED) is 0.849. The van der Waals surface area contributed by atoms with Crippen LogP contribution in [0.5, 0.6) is 11.5 Å². The summed E-state index contributed by atoms with van der Waals surface area (Å²) in [6.45, 7) is 1.96. The fourth-order valence-electron chi connectivity index (χ4n) is 1.46. The molecule has 4 nitrogen and oxygen atoms in total. The van der Waals surface area contributed by atoms with E-state index in [1.54, 1.807) is 42.5 Å². The Morgan fingerprint density at radius 1 is 1.00 bits per heavy atom. The second-order valence-electron chi connectivity index (χ2n) is 4.13.